The van der Waals surface area contributed by atoms with Gasteiger partial charge in [0.05, 0.1) is 25.9 Å². The Morgan fingerprint density at radius 3 is 2.81 bits per heavy atom. The van der Waals surface area contributed by atoms with Crippen LogP contribution in [0.25, 0.3) is 0 Å². The molecule has 1 aromatic carbocycles. The van der Waals surface area contributed by atoms with Crippen LogP contribution >= 0.6 is 11.3 Å². The van der Waals surface area contributed by atoms with Crippen LogP contribution in [0.15, 0.2) is 41.8 Å². The average Bonchev–Trinajstić information content (AvgIpc) is 3.10. The number of rotatable bonds is 11. The Balaban J connectivity index is 1.77. The Morgan fingerprint density at radius 2 is 2.12 bits per heavy atom. The summed E-state index contributed by atoms with van der Waals surface area (Å²) in [4.78, 5) is 15.4. The first kappa shape index (κ1) is 20.6. The number of aliphatic hydroxyl groups excluding tert-OH is 1. The van der Waals surface area contributed by atoms with Gasteiger partial charge in [0.2, 0.25) is 5.91 Å². The fraction of sp³-hybridized carbons (Fsp3) is 0.450. The SMILES string of the molecule is CCCN(CC(=O)Nc1ccccc1C)CC(O)COCc1cccs1. The minimum atomic E-state index is -0.618. The van der Waals surface area contributed by atoms with Gasteiger partial charge in [0.25, 0.3) is 0 Å². The number of carbonyl (C=O) groups is 1. The summed E-state index contributed by atoms with van der Waals surface area (Å²) in [5, 5.41) is 15.2. The molecule has 2 aromatic rings. The highest BCUT2D eigenvalue weighted by atomic mass is 32.1. The van der Waals surface area contributed by atoms with E-state index in [1.807, 2.05) is 53.6 Å². The van der Waals surface area contributed by atoms with Crippen LogP contribution in [0.5, 0.6) is 0 Å². The molecule has 0 aliphatic carbocycles. The summed E-state index contributed by atoms with van der Waals surface area (Å²) < 4.78 is 5.57. The number of carbonyl (C=O) groups excluding carboxylic acids is 1. The maximum atomic E-state index is 12.3. The van der Waals surface area contributed by atoms with E-state index in [2.05, 4.69) is 12.2 Å². The van der Waals surface area contributed by atoms with E-state index in [0.29, 0.717) is 13.2 Å². The van der Waals surface area contributed by atoms with Crippen LogP contribution in [0.2, 0.25) is 0 Å². The molecule has 0 saturated carbocycles. The highest BCUT2D eigenvalue weighted by molar-refractivity contribution is 7.09. The third-order valence-corrected chi connectivity index (χ3v) is 4.78. The number of nitrogens with zero attached hydrogens (tertiary/aromatic N) is 1. The number of aryl methyl sites for hydroxylation is 1. The molecular formula is C20H28N2O3S. The molecule has 1 heterocycles. The molecule has 0 spiro atoms. The molecule has 0 aliphatic heterocycles. The first-order chi connectivity index (χ1) is 12.6. The molecule has 0 bridgehead atoms. The van der Waals surface area contributed by atoms with Crippen LogP contribution in [-0.2, 0) is 16.1 Å². The highest BCUT2D eigenvalue weighted by Gasteiger charge is 2.15. The summed E-state index contributed by atoms with van der Waals surface area (Å²) in [5.41, 5.74) is 1.86. The van der Waals surface area contributed by atoms with Crippen molar-refractivity contribution >= 4 is 22.9 Å². The summed E-state index contributed by atoms with van der Waals surface area (Å²) in [6.45, 7) is 6.22. The molecule has 142 valence electrons. The third kappa shape index (κ3) is 7.25. The average molecular weight is 377 g/mol. The summed E-state index contributed by atoms with van der Waals surface area (Å²) in [7, 11) is 0. The summed E-state index contributed by atoms with van der Waals surface area (Å²) in [6, 6.07) is 11.7. The van der Waals surface area contributed by atoms with Gasteiger partial charge in [0, 0.05) is 17.1 Å². The molecule has 1 amide bonds. The van der Waals surface area contributed by atoms with Crippen LogP contribution in [0, 0.1) is 6.92 Å². The lowest BCUT2D eigenvalue weighted by molar-refractivity contribution is -0.117. The molecule has 0 saturated heterocycles. The zero-order valence-electron chi connectivity index (χ0n) is 15.5. The minimum absolute atomic E-state index is 0.0700. The normalized spacial score (nSPS) is 12.3. The van der Waals surface area contributed by atoms with E-state index >= 15 is 0 Å². The van der Waals surface area contributed by atoms with E-state index in [0.717, 1.165) is 29.1 Å². The fourth-order valence-electron chi connectivity index (χ4n) is 2.70. The molecule has 1 aromatic heterocycles. The van der Waals surface area contributed by atoms with Crippen molar-refractivity contribution in [2.75, 3.05) is 31.6 Å². The topological polar surface area (TPSA) is 61.8 Å². The number of para-hydroxylation sites is 1. The van der Waals surface area contributed by atoms with Crippen molar-refractivity contribution in [3.8, 4) is 0 Å². The van der Waals surface area contributed by atoms with E-state index in [-0.39, 0.29) is 19.1 Å². The highest BCUT2D eigenvalue weighted by Crippen LogP contribution is 2.13. The quantitative estimate of drug-likeness (QED) is 0.632. The first-order valence-electron chi connectivity index (χ1n) is 8.94. The van der Waals surface area contributed by atoms with E-state index < -0.39 is 6.10 Å². The minimum Gasteiger partial charge on any atom is -0.389 e. The summed E-state index contributed by atoms with van der Waals surface area (Å²) in [6.07, 6.45) is 0.299. The molecule has 26 heavy (non-hydrogen) atoms. The standard InChI is InChI=1S/C20H28N2O3S/c1-3-10-22(12-17(23)14-25-15-18-8-6-11-26-18)13-20(24)21-19-9-5-4-7-16(19)2/h4-9,11,17,23H,3,10,12-15H2,1-2H3,(H,21,24). The number of anilines is 1. The van der Waals surface area contributed by atoms with Crippen LogP contribution in [0.4, 0.5) is 5.69 Å². The second kappa shape index (κ2) is 11.1. The lowest BCUT2D eigenvalue weighted by Gasteiger charge is -2.24. The van der Waals surface area contributed by atoms with Gasteiger partial charge in [0.15, 0.2) is 0 Å². The molecule has 0 aliphatic rings. The van der Waals surface area contributed by atoms with Crippen molar-refractivity contribution in [1.29, 1.82) is 0 Å². The van der Waals surface area contributed by atoms with Gasteiger partial charge < -0.3 is 15.2 Å². The molecule has 1 atom stereocenters. The Hall–Kier alpha value is -1.73. The van der Waals surface area contributed by atoms with Crippen LogP contribution < -0.4 is 5.32 Å². The van der Waals surface area contributed by atoms with Gasteiger partial charge in [-0.3, -0.25) is 9.69 Å². The van der Waals surface area contributed by atoms with Crippen molar-refractivity contribution in [2.45, 2.75) is 33.0 Å². The van der Waals surface area contributed by atoms with Crippen molar-refractivity contribution in [2.24, 2.45) is 0 Å². The monoisotopic (exact) mass is 376 g/mol. The first-order valence-corrected chi connectivity index (χ1v) is 9.82. The number of hydrogen-bond acceptors (Lipinski definition) is 5. The predicted molar refractivity (Wildman–Crippen MR) is 107 cm³/mol. The van der Waals surface area contributed by atoms with Gasteiger partial charge in [-0.2, -0.15) is 0 Å². The van der Waals surface area contributed by atoms with Crippen molar-refractivity contribution in [1.82, 2.24) is 4.90 Å². The third-order valence-electron chi connectivity index (χ3n) is 3.93. The second-order valence-corrected chi connectivity index (χ2v) is 7.38. The van der Waals surface area contributed by atoms with Gasteiger partial charge in [0.1, 0.15) is 0 Å². The van der Waals surface area contributed by atoms with Crippen molar-refractivity contribution < 1.29 is 14.6 Å². The summed E-state index contributed by atoms with van der Waals surface area (Å²) in [5.74, 6) is -0.0700. The predicted octanol–water partition coefficient (Wildman–Crippen LogP) is 3.28. The van der Waals surface area contributed by atoms with Crippen molar-refractivity contribution in [3.63, 3.8) is 0 Å². The maximum Gasteiger partial charge on any atom is 0.238 e. The number of ether oxygens (including phenoxy) is 1. The van der Waals surface area contributed by atoms with Crippen LogP contribution in [0.3, 0.4) is 0 Å². The second-order valence-electron chi connectivity index (χ2n) is 6.35. The van der Waals surface area contributed by atoms with E-state index in [1.54, 1.807) is 11.3 Å². The molecule has 2 N–H and O–H groups in total. The largest absolute Gasteiger partial charge is 0.389 e. The van der Waals surface area contributed by atoms with Crippen LogP contribution in [-0.4, -0.2) is 48.3 Å². The van der Waals surface area contributed by atoms with E-state index in [9.17, 15) is 9.90 Å². The molecular weight excluding hydrogens is 348 g/mol. The van der Waals surface area contributed by atoms with Gasteiger partial charge in [-0.05, 0) is 43.0 Å². The Bertz CT molecular complexity index is 661. The summed E-state index contributed by atoms with van der Waals surface area (Å²) >= 11 is 1.64. The number of benzene rings is 1. The lowest BCUT2D eigenvalue weighted by atomic mass is 10.2. The number of thiophene rings is 1. The van der Waals surface area contributed by atoms with Gasteiger partial charge in [-0.1, -0.05) is 31.2 Å². The van der Waals surface area contributed by atoms with Crippen LogP contribution in [0.1, 0.15) is 23.8 Å². The number of aliphatic hydroxyl groups is 1. The fourth-order valence-corrected chi connectivity index (χ4v) is 3.34. The zero-order valence-corrected chi connectivity index (χ0v) is 16.3. The molecule has 5 nitrogen and oxygen atoms in total. The molecule has 0 radical (unpaired) electrons. The van der Waals surface area contributed by atoms with Crippen molar-refractivity contribution in [3.05, 3.63) is 52.2 Å². The maximum absolute atomic E-state index is 12.3. The number of amides is 1. The van der Waals surface area contributed by atoms with Gasteiger partial charge in [-0.15, -0.1) is 11.3 Å². The number of nitrogens with one attached hydrogen (secondary N) is 1. The smallest absolute Gasteiger partial charge is 0.238 e. The van der Waals surface area contributed by atoms with Gasteiger partial charge in [-0.25, -0.2) is 0 Å². The van der Waals surface area contributed by atoms with Gasteiger partial charge >= 0.3 is 0 Å². The molecule has 6 heteroatoms. The zero-order chi connectivity index (χ0) is 18.8. The van der Waals surface area contributed by atoms with E-state index in [1.165, 1.54) is 0 Å². The number of hydrogen-bond donors (Lipinski definition) is 2. The molecule has 1 unspecified atom stereocenters. The lowest BCUT2D eigenvalue weighted by Crippen LogP contribution is -2.40. The Kier molecular flexibility index (Phi) is 8.77. The van der Waals surface area contributed by atoms with E-state index in [4.69, 9.17) is 4.74 Å². The Labute approximate surface area is 159 Å². The Morgan fingerprint density at radius 1 is 1.31 bits per heavy atom. The molecule has 0 fully saturated rings. The molecule has 2 rings (SSSR count).